The minimum atomic E-state index is -3.24. The molecular weight excluding hydrogens is 495 g/mol. The lowest BCUT2D eigenvalue weighted by Gasteiger charge is -2.35. The van der Waals surface area contributed by atoms with Crippen molar-refractivity contribution < 1.29 is 13.2 Å². The van der Waals surface area contributed by atoms with Crippen LogP contribution >= 0.6 is 23.2 Å². The quantitative estimate of drug-likeness (QED) is 0.599. The molecule has 0 unspecified atom stereocenters. The van der Waals surface area contributed by atoms with E-state index < -0.39 is 10.0 Å². The molecule has 0 spiro atoms. The number of hydrogen-bond donors (Lipinski definition) is 0. The van der Waals surface area contributed by atoms with Gasteiger partial charge in [0.25, 0.3) is 0 Å². The van der Waals surface area contributed by atoms with E-state index in [1.54, 1.807) is 4.90 Å². The van der Waals surface area contributed by atoms with E-state index in [-0.39, 0.29) is 18.0 Å². The van der Waals surface area contributed by atoms with Crippen LogP contribution in [0.5, 0.6) is 0 Å². The Hall–Kier alpha value is -1.84. The molecule has 0 aromatic heterocycles. The lowest BCUT2D eigenvalue weighted by Crippen LogP contribution is -2.53. The molecule has 7 nitrogen and oxygen atoms in total. The van der Waals surface area contributed by atoms with Crippen molar-refractivity contribution in [2.75, 3.05) is 52.6 Å². The Morgan fingerprint density at radius 1 is 0.971 bits per heavy atom. The number of amides is 2. The zero-order valence-electron chi connectivity index (χ0n) is 19.4. The molecular formula is C24H30Cl2N4O3S. The van der Waals surface area contributed by atoms with E-state index >= 15 is 0 Å². The zero-order chi connectivity index (χ0) is 24.5. The predicted molar refractivity (Wildman–Crippen MR) is 136 cm³/mol. The highest BCUT2D eigenvalue weighted by Crippen LogP contribution is 2.33. The summed E-state index contributed by atoms with van der Waals surface area (Å²) < 4.78 is 25.1. The molecule has 34 heavy (non-hydrogen) atoms. The number of benzene rings is 2. The van der Waals surface area contributed by atoms with Crippen molar-refractivity contribution in [3.63, 3.8) is 0 Å². The first kappa shape index (κ1) is 25.3. The van der Waals surface area contributed by atoms with E-state index in [4.69, 9.17) is 23.2 Å². The molecule has 2 amide bonds. The van der Waals surface area contributed by atoms with Crippen molar-refractivity contribution in [3.8, 4) is 0 Å². The highest BCUT2D eigenvalue weighted by molar-refractivity contribution is 7.88. The standard InChI is InChI=1S/C24H30Cl2N4O3S/c1-27(15-18-8-9-21(25)22(26)14-18)23-17-29(16-20(23)19-6-4-3-5-7-19)24(31)28-10-12-30(13-11-28)34(2,32)33/h3-9,14,20,23H,10-13,15-17H2,1-2H3/t20-,23+/m1/s1. The Labute approximate surface area is 211 Å². The van der Waals surface area contributed by atoms with Gasteiger partial charge >= 0.3 is 6.03 Å². The van der Waals surface area contributed by atoms with Gasteiger partial charge in [0.05, 0.1) is 16.3 Å². The van der Waals surface area contributed by atoms with Crippen LogP contribution in [0.3, 0.4) is 0 Å². The maximum atomic E-state index is 13.4. The predicted octanol–water partition coefficient (Wildman–Crippen LogP) is 3.59. The molecule has 2 aromatic rings. The molecule has 0 N–H and O–H groups in total. The normalized spacial score (nSPS) is 21.9. The summed E-state index contributed by atoms with van der Waals surface area (Å²) in [7, 11) is -1.17. The molecule has 0 radical (unpaired) electrons. The smallest absolute Gasteiger partial charge is 0.320 e. The molecule has 0 bridgehead atoms. The van der Waals surface area contributed by atoms with Gasteiger partial charge in [-0.05, 0) is 30.3 Å². The van der Waals surface area contributed by atoms with Crippen LogP contribution in [0.2, 0.25) is 10.0 Å². The second kappa shape index (κ2) is 10.4. The monoisotopic (exact) mass is 524 g/mol. The van der Waals surface area contributed by atoms with Crippen molar-refractivity contribution in [3.05, 3.63) is 69.7 Å². The van der Waals surface area contributed by atoms with E-state index in [0.29, 0.717) is 55.9 Å². The number of carbonyl (C=O) groups is 1. The maximum Gasteiger partial charge on any atom is 0.320 e. The summed E-state index contributed by atoms with van der Waals surface area (Å²) in [6.07, 6.45) is 1.21. The first-order valence-electron chi connectivity index (χ1n) is 11.3. The largest absolute Gasteiger partial charge is 0.322 e. The third-order valence-electron chi connectivity index (χ3n) is 6.75. The van der Waals surface area contributed by atoms with Gasteiger partial charge in [-0.25, -0.2) is 13.2 Å². The van der Waals surface area contributed by atoms with Gasteiger partial charge < -0.3 is 9.80 Å². The summed E-state index contributed by atoms with van der Waals surface area (Å²) in [5.74, 6) is 0.162. The number of likely N-dealkylation sites (tertiary alicyclic amines) is 1. The van der Waals surface area contributed by atoms with Crippen molar-refractivity contribution in [2.45, 2.75) is 18.5 Å². The average Bonchev–Trinajstić information content (AvgIpc) is 3.27. The average molecular weight is 526 g/mol. The van der Waals surface area contributed by atoms with Gasteiger partial charge in [0.1, 0.15) is 0 Å². The fourth-order valence-corrected chi connectivity index (χ4v) is 6.02. The third-order valence-corrected chi connectivity index (χ3v) is 8.79. The molecule has 2 aliphatic heterocycles. The number of piperazine rings is 1. The number of likely N-dealkylation sites (N-methyl/N-ethyl adjacent to an activating group) is 1. The van der Waals surface area contributed by atoms with Crippen molar-refractivity contribution in [2.24, 2.45) is 0 Å². The Kier molecular flexibility index (Phi) is 7.74. The fraction of sp³-hybridized carbons (Fsp3) is 0.458. The van der Waals surface area contributed by atoms with E-state index in [2.05, 4.69) is 24.1 Å². The Morgan fingerprint density at radius 2 is 1.65 bits per heavy atom. The molecule has 2 heterocycles. The van der Waals surface area contributed by atoms with Crippen LogP contribution in [0.1, 0.15) is 17.0 Å². The fourth-order valence-electron chi connectivity index (χ4n) is 4.87. The number of hydrogen-bond acceptors (Lipinski definition) is 4. The molecule has 0 aliphatic carbocycles. The number of halogens is 2. The first-order chi connectivity index (χ1) is 16.1. The van der Waals surface area contributed by atoms with Crippen LogP contribution in [-0.4, -0.2) is 92.1 Å². The van der Waals surface area contributed by atoms with Gasteiger partial charge in [-0.1, -0.05) is 59.6 Å². The summed E-state index contributed by atoms with van der Waals surface area (Å²) in [6.45, 7) is 3.38. The van der Waals surface area contributed by atoms with Crippen LogP contribution in [-0.2, 0) is 16.6 Å². The Morgan fingerprint density at radius 3 is 2.26 bits per heavy atom. The molecule has 2 atom stereocenters. The summed E-state index contributed by atoms with van der Waals surface area (Å²) in [6, 6.07) is 16.0. The van der Waals surface area contributed by atoms with E-state index in [9.17, 15) is 13.2 Å². The van der Waals surface area contributed by atoms with Crippen LogP contribution in [0.15, 0.2) is 48.5 Å². The molecule has 10 heteroatoms. The molecule has 4 rings (SSSR count). The van der Waals surface area contributed by atoms with Crippen LogP contribution in [0.4, 0.5) is 4.79 Å². The minimum Gasteiger partial charge on any atom is -0.322 e. The van der Waals surface area contributed by atoms with Crippen LogP contribution in [0.25, 0.3) is 0 Å². The minimum absolute atomic E-state index is 0.0282. The van der Waals surface area contributed by atoms with Gasteiger partial charge in [-0.2, -0.15) is 4.31 Å². The van der Waals surface area contributed by atoms with E-state index in [0.717, 1.165) is 5.56 Å². The van der Waals surface area contributed by atoms with Crippen molar-refractivity contribution in [1.82, 2.24) is 19.0 Å². The van der Waals surface area contributed by atoms with Gasteiger partial charge in [-0.15, -0.1) is 0 Å². The van der Waals surface area contributed by atoms with Crippen molar-refractivity contribution >= 4 is 39.3 Å². The van der Waals surface area contributed by atoms with Gasteiger partial charge in [0.2, 0.25) is 10.0 Å². The Bertz CT molecular complexity index is 1120. The third kappa shape index (κ3) is 5.69. The van der Waals surface area contributed by atoms with Gasteiger partial charge in [-0.3, -0.25) is 4.90 Å². The topological polar surface area (TPSA) is 64.2 Å². The van der Waals surface area contributed by atoms with Crippen molar-refractivity contribution in [1.29, 1.82) is 0 Å². The summed E-state index contributed by atoms with van der Waals surface area (Å²) in [4.78, 5) is 19.3. The highest BCUT2D eigenvalue weighted by atomic mass is 35.5. The lowest BCUT2D eigenvalue weighted by atomic mass is 9.93. The number of urea groups is 1. The summed E-state index contributed by atoms with van der Waals surface area (Å²) in [5, 5.41) is 1.06. The van der Waals surface area contributed by atoms with E-state index in [1.807, 2.05) is 41.3 Å². The number of nitrogens with zero attached hydrogens (tertiary/aromatic N) is 4. The summed E-state index contributed by atoms with van der Waals surface area (Å²) >= 11 is 12.3. The van der Waals surface area contributed by atoms with Crippen LogP contribution in [0, 0.1) is 0 Å². The molecule has 0 saturated carbocycles. The van der Waals surface area contributed by atoms with Gasteiger partial charge in [0, 0.05) is 57.8 Å². The first-order valence-corrected chi connectivity index (χ1v) is 13.9. The number of sulfonamides is 1. The number of carbonyl (C=O) groups excluding carboxylic acids is 1. The molecule has 2 saturated heterocycles. The van der Waals surface area contributed by atoms with E-state index in [1.165, 1.54) is 16.1 Å². The Balaban J connectivity index is 1.49. The SMILES string of the molecule is CN(Cc1ccc(Cl)c(Cl)c1)[C@H]1CN(C(=O)N2CCN(S(C)(=O)=O)CC2)C[C@@H]1c1ccccc1. The van der Waals surface area contributed by atoms with Crippen LogP contribution < -0.4 is 0 Å². The highest BCUT2D eigenvalue weighted by Gasteiger charge is 2.40. The second-order valence-electron chi connectivity index (χ2n) is 9.08. The molecule has 2 aliphatic rings. The molecule has 184 valence electrons. The molecule has 2 fully saturated rings. The second-order valence-corrected chi connectivity index (χ2v) is 11.9. The number of rotatable bonds is 5. The zero-order valence-corrected chi connectivity index (χ0v) is 21.7. The lowest BCUT2D eigenvalue weighted by molar-refractivity contribution is 0.138. The van der Waals surface area contributed by atoms with Gasteiger partial charge in [0.15, 0.2) is 0 Å². The maximum absolute atomic E-state index is 13.4. The molecule has 2 aromatic carbocycles. The summed E-state index contributed by atoms with van der Waals surface area (Å²) in [5.41, 5.74) is 2.26.